The average Bonchev–Trinajstić information content (AvgIpc) is 2.15. The quantitative estimate of drug-likeness (QED) is 0.633. The lowest BCUT2D eigenvalue weighted by molar-refractivity contribution is 0.112. The van der Waals surface area contributed by atoms with Crippen molar-refractivity contribution in [1.82, 2.24) is 0 Å². The summed E-state index contributed by atoms with van der Waals surface area (Å²) in [5, 5.41) is 0. The number of hydrogen-bond acceptors (Lipinski definition) is 3. The smallest absolute Gasteiger partial charge is 0.294 e. The molecule has 1 aromatic carbocycles. The fraction of sp³-hybridized carbons (Fsp3) is 0.300. The van der Waals surface area contributed by atoms with Crippen LogP contribution in [0.25, 0.3) is 0 Å². The van der Waals surface area contributed by atoms with E-state index in [1.54, 1.807) is 0 Å². The van der Waals surface area contributed by atoms with E-state index in [-0.39, 0.29) is 10.8 Å². The summed E-state index contributed by atoms with van der Waals surface area (Å²) in [7, 11) is -4.24. The molecule has 0 aliphatic heterocycles. The van der Waals surface area contributed by atoms with Crippen molar-refractivity contribution in [2.75, 3.05) is 0 Å². The lowest BCUT2D eigenvalue weighted by Crippen LogP contribution is -2.02. The first kappa shape index (κ1) is 11.9. The molecule has 0 aliphatic rings. The van der Waals surface area contributed by atoms with E-state index in [0.29, 0.717) is 11.8 Å². The molecule has 15 heavy (non-hydrogen) atoms. The Hall–Kier alpha value is -1.20. The molecule has 0 aliphatic carbocycles. The van der Waals surface area contributed by atoms with Gasteiger partial charge in [-0.25, -0.2) is 0 Å². The summed E-state index contributed by atoms with van der Waals surface area (Å²) >= 11 is 0. The number of rotatable bonds is 3. The molecule has 0 fully saturated rings. The molecule has 0 heterocycles. The molecule has 0 bridgehead atoms. The lowest BCUT2D eigenvalue weighted by Gasteiger charge is -2.09. The van der Waals surface area contributed by atoms with E-state index in [9.17, 15) is 13.2 Å². The van der Waals surface area contributed by atoms with Gasteiger partial charge in [0, 0.05) is 5.56 Å². The molecule has 1 aromatic rings. The van der Waals surface area contributed by atoms with Crippen LogP contribution in [0.2, 0.25) is 0 Å². The molecule has 5 heteroatoms. The minimum absolute atomic E-state index is 0.126. The zero-order valence-electron chi connectivity index (χ0n) is 8.47. The number of carbonyl (C=O) groups is 1. The fourth-order valence-corrected chi connectivity index (χ4v) is 1.86. The van der Waals surface area contributed by atoms with Gasteiger partial charge in [-0.2, -0.15) is 8.42 Å². The van der Waals surface area contributed by atoms with Crippen molar-refractivity contribution in [2.45, 2.75) is 24.7 Å². The topological polar surface area (TPSA) is 71.4 Å². The van der Waals surface area contributed by atoms with E-state index < -0.39 is 10.1 Å². The summed E-state index contributed by atoms with van der Waals surface area (Å²) in [6.45, 7) is 3.80. The molecule has 1 rings (SSSR count). The van der Waals surface area contributed by atoms with E-state index >= 15 is 0 Å². The summed E-state index contributed by atoms with van der Waals surface area (Å²) < 4.78 is 30.4. The molecular weight excluding hydrogens is 216 g/mol. The molecule has 0 saturated carbocycles. The second-order valence-corrected chi connectivity index (χ2v) is 4.96. The molecule has 0 spiro atoms. The Morgan fingerprint density at radius 1 is 1.33 bits per heavy atom. The van der Waals surface area contributed by atoms with E-state index in [0.717, 1.165) is 5.56 Å². The van der Waals surface area contributed by atoms with Crippen molar-refractivity contribution >= 4 is 16.4 Å². The number of hydrogen-bond donors (Lipinski definition) is 1. The second-order valence-electron chi connectivity index (χ2n) is 3.54. The molecule has 0 radical (unpaired) electrons. The van der Waals surface area contributed by atoms with Gasteiger partial charge < -0.3 is 0 Å². The summed E-state index contributed by atoms with van der Waals surface area (Å²) in [4.78, 5) is 10.5. The highest BCUT2D eigenvalue weighted by atomic mass is 32.2. The Kier molecular flexibility index (Phi) is 3.26. The average molecular weight is 228 g/mol. The zero-order valence-corrected chi connectivity index (χ0v) is 9.28. The third-order valence-corrected chi connectivity index (χ3v) is 2.95. The minimum atomic E-state index is -4.24. The highest BCUT2D eigenvalue weighted by Crippen LogP contribution is 2.21. The van der Waals surface area contributed by atoms with Crippen LogP contribution in [0.1, 0.15) is 35.7 Å². The fourth-order valence-electron chi connectivity index (χ4n) is 1.34. The number of benzene rings is 1. The maximum absolute atomic E-state index is 10.8. The Morgan fingerprint density at radius 2 is 1.93 bits per heavy atom. The minimum Gasteiger partial charge on any atom is -0.298 e. The third-order valence-electron chi connectivity index (χ3n) is 2.11. The first-order valence-corrected chi connectivity index (χ1v) is 5.87. The van der Waals surface area contributed by atoms with Crippen molar-refractivity contribution in [2.24, 2.45) is 0 Å². The van der Waals surface area contributed by atoms with Crippen LogP contribution in [-0.2, 0) is 10.1 Å². The maximum atomic E-state index is 10.8. The monoisotopic (exact) mass is 228 g/mol. The van der Waals surface area contributed by atoms with Crippen LogP contribution in [0.4, 0.5) is 0 Å². The predicted octanol–water partition coefficient (Wildman–Crippen LogP) is 1.87. The molecule has 1 N–H and O–H groups in total. The third kappa shape index (κ3) is 2.64. The second kappa shape index (κ2) is 4.12. The molecule has 0 amide bonds. The Morgan fingerprint density at radius 3 is 2.33 bits per heavy atom. The van der Waals surface area contributed by atoms with Crippen LogP contribution in [0.5, 0.6) is 0 Å². The SMILES string of the molecule is CC(C)c1ccc(S(=O)(=O)O)cc1C=O. The van der Waals surface area contributed by atoms with Crippen LogP contribution in [0.3, 0.4) is 0 Å². The summed E-state index contributed by atoms with van der Waals surface area (Å²) in [5.41, 5.74) is 1.05. The van der Waals surface area contributed by atoms with Crippen molar-refractivity contribution in [3.63, 3.8) is 0 Å². The number of aldehydes is 1. The summed E-state index contributed by atoms with van der Waals surface area (Å²) in [6.07, 6.45) is 0.587. The largest absolute Gasteiger partial charge is 0.298 e. The van der Waals surface area contributed by atoms with Gasteiger partial charge in [-0.15, -0.1) is 0 Å². The Bertz CT molecular complexity index is 474. The van der Waals surface area contributed by atoms with Crippen LogP contribution in [0, 0.1) is 0 Å². The van der Waals surface area contributed by atoms with Crippen LogP contribution in [-0.4, -0.2) is 19.3 Å². The molecule has 0 unspecified atom stereocenters. The highest BCUT2D eigenvalue weighted by Gasteiger charge is 2.13. The van der Waals surface area contributed by atoms with Gasteiger partial charge in [-0.1, -0.05) is 19.9 Å². The molecule has 0 aromatic heterocycles. The predicted molar refractivity (Wildman–Crippen MR) is 55.7 cm³/mol. The zero-order chi connectivity index (χ0) is 11.6. The van der Waals surface area contributed by atoms with Crippen molar-refractivity contribution in [3.05, 3.63) is 29.3 Å². The van der Waals surface area contributed by atoms with Gasteiger partial charge in [-0.3, -0.25) is 9.35 Å². The standard InChI is InChI=1S/C10H12O4S/c1-7(2)10-4-3-9(15(12,13)14)5-8(10)6-11/h3-7H,1-2H3,(H,12,13,14). The summed E-state index contributed by atoms with van der Waals surface area (Å²) in [6, 6.07) is 4.01. The Balaban J connectivity index is 3.38. The van der Waals surface area contributed by atoms with Gasteiger partial charge >= 0.3 is 0 Å². The molecular formula is C10H12O4S. The summed E-state index contributed by atoms with van der Waals surface area (Å²) in [5.74, 6) is 0.126. The Labute approximate surface area is 88.7 Å². The lowest BCUT2D eigenvalue weighted by atomic mass is 9.98. The van der Waals surface area contributed by atoms with Crippen LogP contribution >= 0.6 is 0 Å². The molecule has 82 valence electrons. The van der Waals surface area contributed by atoms with Gasteiger partial charge in [0.15, 0.2) is 0 Å². The van der Waals surface area contributed by atoms with Gasteiger partial charge in [0.05, 0.1) is 4.90 Å². The van der Waals surface area contributed by atoms with Crippen LogP contribution < -0.4 is 0 Å². The van der Waals surface area contributed by atoms with Crippen molar-refractivity contribution in [1.29, 1.82) is 0 Å². The van der Waals surface area contributed by atoms with E-state index in [1.165, 1.54) is 18.2 Å². The molecule has 0 saturated heterocycles. The normalized spacial score (nSPS) is 11.7. The highest BCUT2D eigenvalue weighted by molar-refractivity contribution is 7.85. The van der Waals surface area contributed by atoms with Gasteiger partial charge in [0.1, 0.15) is 6.29 Å². The van der Waals surface area contributed by atoms with E-state index in [1.807, 2.05) is 13.8 Å². The van der Waals surface area contributed by atoms with Gasteiger partial charge in [-0.05, 0) is 23.6 Å². The molecule has 4 nitrogen and oxygen atoms in total. The van der Waals surface area contributed by atoms with Crippen LogP contribution in [0.15, 0.2) is 23.1 Å². The van der Waals surface area contributed by atoms with E-state index in [4.69, 9.17) is 4.55 Å². The van der Waals surface area contributed by atoms with Crippen molar-refractivity contribution < 1.29 is 17.8 Å². The van der Waals surface area contributed by atoms with E-state index in [2.05, 4.69) is 0 Å². The maximum Gasteiger partial charge on any atom is 0.294 e. The van der Waals surface area contributed by atoms with Crippen molar-refractivity contribution in [3.8, 4) is 0 Å². The number of carbonyl (C=O) groups excluding carboxylic acids is 1. The van der Waals surface area contributed by atoms with Gasteiger partial charge in [0.25, 0.3) is 10.1 Å². The first-order valence-electron chi connectivity index (χ1n) is 4.43. The first-order chi connectivity index (χ1) is 6.86. The van der Waals surface area contributed by atoms with Gasteiger partial charge in [0.2, 0.25) is 0 Å². The molecule has 0 atom stereocenters.